The number of benzene rings is 1. The lowest BCUT2D eigenvalue weighted by Crippen LogP contribution is -2.39. The zero-order chi connectivity index (χ0) is 13.2. The van der Waals surface area contributed by atoms with Gasteiger partial charge >= 0.3 is 0 Å². The molecule has 2 unspecified atom stereocenters. The average molecular weight is 260 g/mol. The van der Waals surface area contributed by atoms with Gasteiger partial charge in [-0.2, -0.15) is 0 Å². The minimum Gasteiger partial charge on any atom is -0.459 e. The quantitative estimate of drug-likeness (QED) is 0.658. The van der Waals surface area contributed by atoms with E-state index in [1.165, 1.54) is 12.0 Å². The van der Waals surface area contributed by atoms with E-state index >= 15 is 0 Å². The molecule has 2 heterocycles. The zero-order valence-electron chi connectivity index (χ0n) is 11.2. The second-order valence-electron chi connectivity index (χ2n) is 5.24. The molecule has 2 aromatic rings. The van der Waals surface area contributed by atoms with Gasteiger partial charge in [0.15, 0.2) is 0 Å². The molecule has 1 aliphatic heterocycles. The van der Waals surface area contributed by atoms with Crippen LogP contribution in [0.3, 0.4) is 0 Å². The minimum absolute atomic E-state index is 0.0759. The van der Waals surface area contributed by atoms with Gasteiger partial charge in [0.25, 0.3) is 0 Å². The molecule has 0 bridgehead atoms. The summed E-state index contributed by atoms with van der Waals surface area (Å²) in [5.41, 5.74) is 4.97. The van der Waals surface area contributed by atoms with Gasteiger partial charge in [-0.1, -0.05) is 11.6 Å². The third-order valence-electron chi connectivity index (χ3n) is 3.76. The maximum Gasteiger partial charge on any atom is 0.134 e. The fourth-order valence-corrected chi connectivity index (χ4v) is 2.74. The number of hydrogen-bond acceptors (Lipinski definition) is 4. The van der Waals surface area contributed by atoms with Crippen LogP contribution >= 0.6 is 0 Å². The van der Waals surface area contributed by atoms with E-state index in [9.17, 15) is 0 Å². The molecule has 4 nitrogen and oxygen atoms in total. The van der Waals surface area contributed by atoms with Crippen molar-refractivity contribution in [1.82, 2.24) is 5.43 Å². The maximum absolute atomic E-state index is 5.91. The van der Waals surface area contributed by atoms with E-state index in [-0.39, 0.29) is 12.1 Å². The third-order valence-corrected chi connectivity index (χ3v) is 3.76. The highest BCUT2D eigenvalue weighted by Crippen LogP contribution is 2.30. The molecular weight excluding hydrogens is 240 g/mol. The van der Waals surface area contributed by atoms with Gasteiger partial charge in [0, 0.05) is 12.0 Å². The molecule has 0 amide bonds. The molecule has 1 aromatic carbocycles. The van der Waals surface area contributed by atoms with Crippen molar-refractivity contribution in [2.45, 2.75) is 38.3 Å². The van der Waals surface area contributed by atoms with Crippen LogP contribution in [0.1, 0.15) is 36.6 Å². The van der Waals surface area contributed by atoms with Gasteiger partial charge in [0.2, 0.25) is 0 Å². The highest BCUT2D eigenvalue weighted by Gasteiger charge is 2.27. The van der Waals surface area contributed by atoms with Crippen molar-refractivity contribution >= 4 is 11.0 Å². The summed E-state index contributed by atoms with van der Waals surface area (Å²) in [5, 5.41) is 1.12. The largest absolute Gasteiger partial charge is 0.459 e. The van der Waals surface area contributed by atoms with Crippen LogP contribution in [0, 0.1) is 6.92 Å². The van der Waals surface area contributed by atoms with E-state index in [0.29, 0.717) is 0 Å². The molecule has 1 fully saturated rings. The standard InChI is InChI=1S/C15H20N2O2/c1-10-5-6-12-11(8-10)9-14(19-12)15(17-16)13-4-2-3-7-18-13/h5-6,8-9,13,15,17H,2-4,7,16H2,1H3. The van der Waals surface area contributed by atoms with Gasteiger partial charge in [-0.3, -0.25) is 5.84 Å². The molecule has 1 aliphatic rings. The Kier molecular flexibility index (Phi) is 3.55. The monoisotopic (exact) mass is 260 g/mol. The SMILES string of the molecule is Cc1ccc2oc(C(NN)C3CCCCO3)cc2c1. The second kappa shape index (κ2) is 5.33. The van der Waals surface area contributed by atoms with Crippen LogP contribution in [0.25, 0.3) is 11.0 Å². The van der Waals surface area contributed by atoms with Crippen LogP contribution in [0.5, 0.6) is 0 Å². The first-order chi connectivity index (χ1) is 9.28. The number of rotatable bonds is 3. The number of hydrazine groups is 1. The van der Waals surface area contributed by atoms with E-state index in [4.69, 9.17) is 15.0 Å². The van der Waals surface area contributed by atoms with Crippen molar-refractivity contribution in [3.8, 4) is 0 Å². The van der Waals surface area contributed by atoms with Gasteiger partial charge in [0.05, 0.1) is 6.10 Å². The fraction of sp³-hybridized carbons (Fsp3) is 0.467. The number of hydrogen-bond donors (Lipinski definition) is 2. The first-order valence-electron chi connectivity index (χ1n) is 6.86. The van der Waals surface area contributed by atoms with E-state index < -0.39 is 0 Å². The molecular formula is C15H20N2O2. The van der Waals surface area contributed by atoms with Crippen LogP contribution in [-0.2, 0) is 4.74 Å². The number of fused-ring (bicyclic) bond motifs is 1. The van der Waals surface area contributed by atoms with Crippen LogP contribution in [0.15, 0.2) is 28.7 Å². The Hall–Kier alpha value is -1.36. The lowest BCUT2D eigenvalue weighted by Gasteiger charge is -2.28. The molecule has 102 valence electrons. The Morgan fingerprint density at radius 3 is 2.95 bits per heavy atom. The van der Waals surface area contributed by atoms with E-state index in [1.807, 2.05) is 6.07 Å². The van der Waals surface area contributed by atoms with Crippen molar-refractivity contribution in [3.63, 3.8) is 0 Å². The zero-order valence-corrected chi connectivity index (χ0v) is 11.2. The number of nitrogens with two attached hydrogens (primary N) is 1. The normalized spacial score (nSPS) is 21.7. The molecule has 19 heavy (non-hydrogen) atoms. The lowest BCUT2D eigenvalue weighted by atomic mass is 10.0. The third kappa shape index (κ3) is 2.52. The molecule has 1 aromatic heterocycles. The van der Waals surface area contributed by atoms with Crippen LogP contribution in [0.2, 0.25) is 0 Å². The molecule has 4 heteroatoms. The summed E-state index contributed by atoms with van der Waals surface area (Å²) >= 11 is 0. The van der Waals surface area contributed by atoms with Crippen LogP contribution in [0.4, 0.5) is 0 Å². The Morgan fingerprint density at radius 2 is 2.21 bits per heavy atom. The second-order valence-corrected chi connectivity index (χ2v) is 5.24. The molecule has 3 rings (SSSR count). The Labute approximate surface area is 112 Å². The fourth-order valence-electron chi connectivity index (χ4n) is 2.74. The average Bonchev–Trinajstić information content (AvgIpc) is 2.83. The summed E-state index contributed by atoms with van der Waals surface area (Å²) in [5.74, 6) is 6.55. The molecule has 2 atom stereocenters. The smallest absolute Gasteiger partial charge is 0.134 e. The highest BCUT2D eigenvalue weighted by molar-refractivity contribution is 5.78. The maximum atomic E-state index is 5.91. The lowest BCUT2D eigenvalue weighted by molar-refractivity contribution is -0.0123. The number of nitrogens with one attached hydrogen (secondary N) is 1. The summed E-state index contributed by atoms with van der Waals surface area (Å²) in [6, 6.07) is 8.16. The van der Waals surface area contributed by atoms with Crippen molar-refractivity contribution in [2.75, 3.05) is 6.61 Å². The highest BCUT2D eigenvalue weighted by atomic mass is 16.5. The summed E-state index contributed by atoms with van der Waals surface area (Å²) in [6.45, 7) is 2.89. The molecule has 1 saturated heterocycles. The van der Waals surface area contributed by atoms with Crippen molar-refractivity contribution in [3.05, 3.63) is 35.6 Å². The Morgan fingerprint density at radius 1 is 1.32 bits per heavy atom. The summed E-state index contributed by atoms with van der Waals surface area (Å²) in [4.78, 5) is 0. The molecule has 3 N–H and O–H groups in total. The molecule has 0 radical (unpaired) electrons. The summed E-state index contributed by atoms with van der Waals surface area (Å²) in [6.07, 6.45) is 3.43. The number of ether oxygens (including phenoxy) is 1. The van der Waals surface area contributed by atoms with E-state index in [1.54, 1.807) is 0 Å². The Balaban J connectivity index is 1.91. The predicted octanol–water partition coefficient (Wildman–Crippen LogP) is 2.81. The molecule has 0 aliphatic carbocycles. The first kappa shape index (κ1) is 12.7. The van der Waals surface area contributed by atoms with Gasteiger partial charge < -0.3 is 9.15 Å². The van der Waals surface area contributed by atoms with Crippen molar-refractivity contribution < 1.29 is 9.15 Å². The Bertz CT molecular complexity index is 558. The topological polar surface area (TPSA) is 60.4 Å². The van der Waals surface area contributed by atoms with Gasteiger partial charge in [-0.05, 0) is 44.4 Å². The number of furan rings is 1. The van der Waals surface area contributed by atoms with Crippen molar-refractivity contribution in [2.24, 2.45) is 5.84 Å². The summed E-state index contributed by atoms with van der Waals surface area (Å²) in [7, 11) is 0. The minimum atomic E-state index is -0.0759. The van der Waals surface area contributed by atoms with Gasteiger partial charge in [-0.15, -0.1) is 0 Å². The van der Waals surface area contributed by atoms with Gasteiger partial charge in [0.1, 0.15) is 17.4 Å². The predicted molar refractivity (Wildman–Crippen MR) is 74.6 cm³/mol. The molecule has 0 saturated carbocycles. The van der Waals surface area contributed by atoms with Gasteiger partial charge in [-0.25, -0.2) is 5.43 Å². The van der Waals surface area contributed by atoms with Crippen LogP contribution in [-0.4, -0.2) is 12.7 Å². The van der Waals surface area contributed by atoms with Crippen molar-refractivity contribution in [1.29, 1.82) is 0 Å². The van der Waals surface area contributed by atoms with Crippen LogP contribution < -0.4 is 11.3 Å². The van der Waals surface area contributed by atoms with E-state index in [0.717, 1.165) is 36.2 Å². The number of aryl methyl sites for hydroxylation is 1. The molecule has 0 spiro atoms. The van der Waals surface area contributed by atoms with E-state index in [2.05, 4.69) is 30.5 Å². The first-order valence-corrected chi connectivity index (χ1v) is 6.86. The summed E-state index contributed by atoms with van der Waals surface area (Å²) < 4.78 is 11.7.